The summed E-state index contributed by atoms with van der Waals surface area (Å²) in [6.45, 7) is 0.670. The molecule has 0 aromatic heterocycles. The van der Waals surface area contributed by atoms with E-state index in [1.54, 1.807) is 0 Å². The van der Waals surface area contributed by atoms with Gasteiger partial charge in [-0.1, -0.05) is 0 Å². The summed E-state index contributed by atoms with van der Waals surface area (Å²) in [7, 11) is 5.92. The van der Waals surface area contributed by atoms with Crippen molar-refractivity contribution in [1.82, 2.24) is 9.56 Å². The van der Waals surface area contributed by atoms with Crippen LogP contribution in [-0.4, -0.2) is 43.7 Å². The molecule has 0 fully saturated rings. The summed E-state index contributed by atoms with van der Waals surface area (Å²) in [5.74, 6) is -0.0290. The lowest BCUT2D eigenvalue weighted by molar-refractivity contribution is -0.137. The molecule has 1 N–H and O–H groups in total. The zero-order valence-electron chi connectivity index (χ0n) is 14.7. The largest absolute Gasteiger partial charge is 0.481 e. The number of rotatable bonds is 5. The predicted molar refractivity (Wildman–Crippen MR) is 97.9 cm³/mol. The highest BCUT2D eigenvalue weighted by Gasteiger charge is 2.12. The molecule has 0 saturated carbocycles. The Morgan fingerprint density at radius 2 is 2.04 bits per heavy atom. The fourth-order valence-electron chi connectivity index (χ4n) is 2.71. The molecule has 2 aliphatic rings. The molecule has 0 bridgehead atoms. The Hall–Kier alpha value is -2.89. The summed E-state index contributed by atoms with van der Waals surface area (Å²) >= 11 is 0. The molecule has 1 aromatic rings. The zero-order valence-corrected chi connectivity index (χ0v) is 14.7. The molecule has 3 rings (SSSR count). The lowest BCUT2D eigenvalue weighted by atomic mass is 10.2. The SMILES string of the molecule is CN(CCCC(=O)O)c1ccc2nc3ccc(=[N+](C)C)cc-3oc2c1. The van der Waals surface area contributed by atoms with Gasteiger partial charge in [0.1, 0.15) is 25.3 Å². The van der Waals surface area contributed by atoms with Crippen molar-refractivity contribution in [1.29, 1.82) is 0 Å². The number of hydrogen-bond donors (Lipinski definition) is 1. The Morgan fingerprint density at radius 3 is 2.76 bits per heavy atom. The van der Waals surface area contributed by atoms with Crippen LogP contribution >= 0.6 is 0 Å². The maximum Gasteiger partial charge on any atom is 0.303 e. The van der Waals surface area contributed by atoms with E-state index in [1.165, 1.54) is 0 Å². The minimum Gasteiger partial charge on any atom is -0.481 e. The molecule has 0 amide bonds. The lowest BCUT2D eigenvalue weighted by Gasteiger charge is -2.19. The third-order valence-corrected chi connectivity index (χ3v) is 4.19. The van der Waals surface area contributed by atoms with Crippen LogP contribution < -0.4 is 14.8 Å². The molecule has 6 nitrogen and oxygen atoms in total. The number of aromatic nitrogens is 1. The van der Waals surface area contributed by atoms with E-state index in [0.29, 0.717) is 18.5 Å². The van der Waals surface area contributed by atoms with Gasteiger partial charge in [-0.3, -0.25) is 4.79 Å². The summed E-state index contributed by atoms with van der Waals surface area (Å²) in [4.78, 5) is 17.3. The molecule has 1 aliphatic carbocycles. The highest BCUT2D eigenvalue weighted by molar-refractivity contribution is 5.80. The first-order chi connectivity index (χ1) is 11.9. The summed E-state index contributed by atoms with van der Waals surface area (Å²) in [5.41, 5.74) is 3.31. The maximum absolute atomic E-state index is 10.6. The average Bonchev–Trinajstić information content (AvgIpc) is 2.58. The third kappa shape index (κ3) is 3.79. The Labute approximate surface area is 146 Å². The molecule has 1 aromatic carbocycles. The number of hydrogen-bond acceptors (Lipinski definition) is 4. The van der Waals surface area contributed by atoms with Gasteiger partial charge in [0.25, 0.3) is 0 Å². The summed E-state index contributed by atoms with van der Waals surface area (Å²) < 4.78 is 8.08. The van der Waals surface area contributed by atoms with Crippen LogP contribution in [0, 0.1) is 0 Å². The molecule has 25 heavy (non-hydrogen) atoms. The van der Waals surface area contributed by atoms with Crippen LogP contribution in [0.5, 0.6) is 0 Å². The number of anilines is 1. The van der Waals surface area contributed by atoms with Gasteiger partial charge in [0.05, 0.1) is 6.07 Å². The molecule has 1 heterocycles. The van der Waals surface area contributed by atoms with Gasteiger partial charge in [-0.05, 0) is 24.6 Å². The normalized spacial score (nSPS) is 11.0. The van der Waals surface area contributed by atoms with E-state index >= 15 is 0 Å². The quantitative estimate of drug-likeness (QED) is 0.570. The van der Waals surface area contributed by atoms with Crippen molar-refractivity contribution in [3.63, 3.8) is 0 Å². The summed E-state index contributed by atoms with van der Waals surface area (Å²) in [5, 5.41) is 9.81. The second-order valence-corrected chi connectivity index (χ2v) is 6.33. The smallest absolute Gasteiger partial charge is 0.303 e. The molecule has 1 aliphatic heterocycles. The topological polar surface area (TPSA) is 69.6 Å². The van der Waals surface area contributed by atoms with E-state index in [1.807, 2.05) is 67.0 Å². The first-order valence-corrected chi connectivity index (χ1v) is 8.22. The van der Waals surface area contributed by atoms with Crippen LogP contribution in [0.3, 0.4) is 0 Å². The van der Waals surface area contributed by atoms with Gasteiger partial charge in [-0.2, -0.15) is 0 Å². The van der Waals surface area contributed by atoms with Crippen LogP contribution in [0.15, 0.2) is 40.8 Å². The van der Waals surface area contributed by atoms with E-state index in [-0.39, 0.29) is 6.42 Å². The van der Waals surface area contributed by atoms with Crippen molar-refractivity contribution in [2.24, 2.45) is 0 Å². The third-order valence-electron chi connectivity index (χ3n) is 4.19. The van der Waals surface area contributed by atoms with Crippen molar-refractivity contribution < 1.29 is 14.3 Å². The number of benzene rings is 2. The van der Waals surface area contributed by atoms with E-state index in [9.17, 15) is 4.79 Å². The Balaban J connectivity index is 1.96. The summed E-state index contributed by atoms with van der Waals surface area (Å²) in [6.07, 6.45) is 0.769. The van der Waals surface area contributed by atoms with Gasteiger partial charge in [-0.25, -0.2) is 9.56 Å². The monoisotopic (exact) mass is 340 g/mol. The van der Waals surface area contributed by atoms with E-state index in [2.05, 4.69) is 4.98 Å². The molecule has 6 heteroatoms. The summed E-state index contributed by atoms with van der Waals surface area (Å²) in [6, 6.07) is 11.8. The molecule has 0 atom stereocenters. The van der Waals surface area contributed by atoms with Crippen LogP contribution in [0.2, 0.25) is 0 Å². The van der Waals surface area contributed by atoms with Crippen LogP contribution in [-0.2, 0) is 4.79 Å². The molecule has 0 saturated heterocycles. The Kier molecular flexibility index (Phi) is 4.70. The van der Waals surface area contributed by atoms with E-state index in [4.69, 9.17) is 9.52 Å². The Bertz CT molecular complexity index is 958. The molecule has 130 valence electrons. The second kappa shape index (κ2) is 6.93. The molecule has 0 radical (unpaired) electrons. The molecular formula is C19H22N3O3+. The van der Waals surface area contributed by atoms with Gasteiger partial charge in [0.2, 0.25) is 5.36 Å². The van der Waals surface area contributed by atoms with E-state index < -0.39 is 5.97 Å². The number of fused-ring (bicyclic) bond motifs is 2. The average molecular weight is 340 g/mol. The van der Waals surface area contributed by atoms with Crippen LogP contribution in [0.4, 0.5) is 5.69 Å². The van der Waals surface area contributed by atoms with Gasteiger partial charge in [-0.15, -0.1) is 0 Å². The fraction of sp³-hybridized carbons (Fsp3) is 0.316. The van der Waals surface area contributed by atoms with E-state index in [0.717, 1.165) is 28.0 Å². The van der Waals surface area contributed by atoms with Gasteiger partial charge in [0.15, 0.2) is 11.3 Å². The maximum atomic E-state index is 10.6. The van der Waals surface area contributed by atoms with Gasteiger partial charge >= 0.3 is 5.97 Å². The standard InChI is InChI=1S/C19H21N3O3/c1-21(2)13-6-8-15-17(11-13)25-18-12-14(7-9-16(18)20-15)22(3)10-4-5-19(23)24/h6-9,11-12H,4-5,10H2,1-3H3/p+1. The zero-order chi connectivity index (χ0) is 18.0. The minimum atomic E-state index is -0.769. The highest BCUT2D eigenvalue weighted by Crippen LogP contribution is 2.26. The highest BCUT2D eigenvalue weighted by atomic mass is 16.4. The number of carbonyl (C=O) groups is 1. The number of nitrogens with zero attached hydrogens (tertiary/aromatic N) is 3. The fourth-order valence-corrected chi connectivity index (χ4v) is 2.71. The predicted octanol–water partition coefficient (Wildman–Crippen LogP) is 2.27. The Morgan fingerprint density at radius 1 is 1.24 bits per heavy atom. The minimum absolute atomic E-state index is 0.168. The number of carboxylic acids is 1. The van der Waals surface area contributed by atoms with Crippen molar-refractivity contribution >= 4 is 22.8 Å². The number of carboxylic acid groups (broad SMARTS) is 1. The molecular weight excluding hydrogens is 318 g/mol. The lowest BCUT2D eigenvalue weighted by Crippen LogP contribution is -2.21. The first kappa shape index (κ1) is 17.0. The van der Waals surface area contributed by atoms with Crippen molar-refractivity contribution in [2.45, 2.75) is 12.8 Å². The molecule has 0 unspecified atom stereocenters. The van der Waals surface area contributed by atoms with Gasteiger partial charge < -0.3 is 14.4 Å². The number of aliphatic carboxylic acids is 1. The van der Waals surface area contributed by atoms with Crippen molar-refractivity contribution in [3.8, 4) is 11.5 Å². The van der Waals surface area contributed by atoms with Gasteiger partial charge in [0, 0.05) is 37.8 Å². The molecule has 0 spiro atoms. The van der Waals surface area contributed by atoms with Crippen LogP contribution in [0.1, 0.15) is 12.8 Å². The first-order valence-electron chi connectivity index (χ1n) is 8.22. The van der Waals surface area contributed by atoms with Crippen molar-refractivity contribution in [3.05, 3.63) is 41.8 Å². The van der Waals surface area contributed by atoms with Crippen molar-refractivity contribution in [2.75, 3.05) is 32.6 Å². The second-order valence-electron chi connectivity index (χ2n) is 6.33. The van der Waals surface area contributed by atoms with Crippen LogP contribution in [0.25, 0.3) is 22.6 Å².